The molecule has 0 aromatic heterocycles. The number of nitrogens with zero attached hydrogens (tertiary/aromatic N) is 1. The summed E-state index contributed by atoms with van der Waals surface area (Å²) in [4.78, 5) is 2.45. The minimum absolute atomic E-state index is 0.880. The van der Waals surface area contributed by atoms with Gasteiger partial charge in [-0.3, -0.25) is 4.90 Å². The molecule has 1 aliphatic carbocycles. The summed E-state index contributed by atoms with van der Waals surface area (Å²) in [5, 5.41) is 0. The van der Waals surface area contributed by atoms with Gasteiger partial charge in [0.25, 0.3) is 0 Å². The van der Waals surface area contributed by atoms with Gasteiger partial charge in [-0.25, -0.2) is 0 Å². The first-order valence-electron chi connectivity index (χ1n) is 4.54. The number of allylic oxidation sites excluding steroid dienone is 1. The molecule has 11 heavy (non-hydrogen) atoms. The molecule has 0 bridgehead atoms. The smallest absolute Gasteiger partial charge is 0.0165 e. The van der Waals surface area contributed by atoms with Crippen molar-refractivity contribution in [2.75, 3.05) is 13.6 Å². The molecule has 0 N–H and O–H groups in total. The molecule has 1 saturated carbocycles. The van der Waals surface area contributed by atoms with Crippen LogP contribution in [-0.4, -0.2) is 24.5 Å². The standard InChI is InChI=1S/C10H19N/c1-9(2)7-8-11(3)10-5-4-6-10/h7,10H,4-6,8H2,1-3H3. The van der Waals surface area contributed by atoms with Gasteiger partial charge in [0.1, 0.15) is 0 Å². The third-order valence-electron chi connectivity index (χ3n) is 2.49. The maximum absolute atomic E-state index is 2.45. The molecule has 1 fully saturated rings. The lowest BCUT2D eigenvalue weighted by molar-refractivity contribution is 0.175. The highest BCUT2D eigenvalue weighted by atomic mass is 15.1. The van der Waals surface area contributed by atoms with Crippen molar-refractivity contribution in [3.05, 3.63) is 11.6 Å². The van der Waals surface area contributed by atoms with Crippen LogP contribution in [0.2, 0.25) is 0 Å². The Balaban J connectivity index is 2.19. The van der Waals surface area contributed by atoms with Crippen LogP contribution in [0.3, 0.4) is 0 Å². The van der Waals surface area contributed by atoms with E-state index in [9.17, 15) is 0 Å². The molecule has 0 atom stereocenters. The number of hydrogen-bond acceptors (Lipinski definition) is 1. The zero-order chi connectivity index (χ0) is 8.27. The topological polar surface area (TPSA) is 3.24 Å². The molecule has 1 rings (SSSR count). The number of hydrogen-bond donors (Lipinski definition) is 0. The van der Waals surface area contributed by atoms with E-state index in [1.165, 1.54) is 24.8 Å². The van der Waals surface area contributed by atoms with E-state index in [4.69, 9.17) is 0 Å². The van der Waals surface area contributed by atoms with Crippen molar-refractivity contribution in [2.45, 2.75) is 39.2 Å². The molecule has 0 aromatic rings. The van der Waals surface area contributed by atoms with Gasteiger partial charge in [-0.1, -0.05) is 18.1 Å². The van der Waals surface area contributed by atoms with E-state index in [-0.39, 0.29) is 0 Å². The Morgan fingerprint density at radius 3 is 2.45 bits per heavy atom. The van der Waals surface area contributed by atoms with Crippen LogP contribution in [0.15, 0.2) is 11.6 Å². The molecule has 0 heterocycles. The van der Waals surface area contributed by atoms with Crippen LogP contribution in [0, 0.1) is 0 Å². The van der Waals surface area contributed by atoms with Crippen LogP contribution in [0.25, 0.3) is 0 Å². The van der Waals surface area contributed by atoms with Crippen molar-refractivity contribution in [3.63, 3.8) is 0 Å². The van der Waals surface area contributed by atoms with Crippen molar-refractivity contribution in [1.82, 2.24) is 4.90 Å². The van der Waals surface area contributed by atoms with Crippen molar-refractivity contribution < 1.29 is 0 Å². The Kier molecular flexibility index (Phi) is 3.13. The number of rotatable bonds is 3. The molecule has 1 aliphatic rings. The van der Waals surface area contributed by atoms with Gasteiger partial charge in [-0.2, -0.15) is 0 Å². The fourth-order valence-electron chi connectivity index (χ4n) is 1.30. The fourth-order valence-corrected chi connectivity index (χ4v) is 1.30. The van der Waals surface area contributed by atoms with E-state index in [2.05, 4.69) is 31.9 Å². The van der Waals surface area contributed by atoms with E-state index in [0.29, 0.717) is 0 Å². The summed E-state index contributed by atoms with van der Waals surface area (Å²) in [6.07, 6.45) is 6.56. The first kappa shape index (κ1) is 8.79. The fraction of sp³-hybridized carbons (Fsp3) is 0.800. The average Bonchev–Trinajstić information content (AvgIpc) is 1.79. The molecular formula is C10H19N. The quantitative estimate of drug-likeness (QED) is 0.563. The molecule has 0 unspecified atom stereocenters. The summed E-state index contributed by atoms with van der Waals surface area (Å²) in [6.45, 7) is 5.45. The average molecular weight is 153 g/mol. The molecule has 64 valence electrons. The van der Waals surface area contributed by atoms with Crippen molar-refractivity contribution in [2.24, 2.45) is 0 Å². The Morgan fingerprint density at radius 2 is 2.09 bits per heavy atom. The predicted octanol–water partition coefficient (Wildman–Crippen LogP) is 2.44. The molecule has 1 nitrogen and oxygen atoms in total. The monoisotopic (exact) mass is 153 g/mol. The normalized spacial score (nSPS) is 18.2. The third-order valence-corrected chi connectivity index (χ3v) is 2.49. The maximum atomic E-state index is 2.45. The molecule has 0 aromatic carbocycles. The predicted molar refractivity (Wildman–Crippen MR) is 49.7 cm³/mol. The van der Waals surface area contributed by atoms with Crippen molar-refractivity contribution in [3.8, 4) is 0 Å². The Bertz CT molecular complexity index is 141. The van der Waals surface area contributed by atoms with Crippen molar-refractivity contribution in [1.29, 1.82) is 0 Å². The van der Waals surface area contributed by atoms with Gasteiger partial charge < -0.3 is 0 Å². The largest absolute Gasteiger partial charge is 0.300 e. The van der Waals surface area contributed by atoms with Crippen LogP contribution in [-0.2, 0) is 0 Å². The zero-order valence-electron chi connectivity index (χ0n) is 7.93. The Labute approximate surface area is 70.1 Å². The highest BCUT2D eigenvalue weighted by Gasteiger charge is 2.20. The molecule has 1 heteroatoms. The van der Waals surface area contributed by atoms with Gasteiger partial charge in [0, 0.05) is 12.6 Å². The molecule has 0 spiro atoms. The summed E-state index contributed by atoms with van der Waals surface area (Å²) in [6, 6.07) is 0.880. The Hall–Kier alpha value is -0.300. The summed E-state index contributed by atoms with van der Waals surface area (Å²) < 4.78 is 0. The molecule has 0 amide bonds. The molecule has 0 radical (unpaired) electrons. The van der Waals surface area contributed by atoms with Gasteiger partial charge in [0.15, 0.2) is 0 Å². The zero-order valence-corrected chi connectivity index (χ0v) is 7.93. The lowest BCUT2D eigenvalue weighted by atomic mass is 9.92. The van der Waals surface area contributed by atoms with Crippen molar-refractivity contribution >= 4 is 0 Å². The lowest BCUT2D eigenvalue weighted by Crippen LogP contribution is -2.37. The summed E-state index contributed by atoms with van der Waals surface area (Å²) in [7, 11) is 2.23. The maximum Gasteiger partial charge on any atom is 0.0165 e. The highest BCUT2D eigenvalue weighted by Crippen LogP contribution is 2.23. The van der Waals surface area contributed by atoms with E-state index < -0.39 is 0 Å². The minimum Gasteiger partial charge on any atom is -0.300 e. The second-order valence-electron chi connectivity index (χ2n) is 3.81. The molecule has 0 aliphatic heterocycles. The van der Waals surface area contributed by atoms with Gasteiger partial charge in [0.05, 0.1) is 0 Å². The SMILES string of the molecule is CC(C)=CCN(C)C1CCC1. The van der Waals surface area contributed by atoms with Gasteiger partial charge in [0.2, 0.25) is 0 Å². The molecule has 0 saturated heterocycles. The summed E-state index contributed by atoms with van der Waals surface area (Å²) >= 11 is 0. The molecular weight excluding hydrogens is 134 g/mol. The highest BCUT2D eigenvalue weighted by molar-refractivity contribution is 4.95. The first-order chi connectivity index (χ1) is 5.20. The summed E-state index contributed by atoms with van der Waals surface area (Å²) in [5.41, 5.74) is 1.43. The van der Waals surface area contributed by atoms with E-state index in [1.54, 1.807) is 0 Å². The van der Waals surface area contributed by atoms with Crippen LogP contribution in [0.4, 0.5) is 0 Å². The van der Waals surface area contributed by atoms with Crippen LogP contribution in [0.5, 0.6) is 0 Å². The van der Waals surface area contributed by atoms with E-state index in [0.717, 1.165) is 12.6 Å². The van der Waals surface area contributed by atoms with Crippen LogP contribution in [0.1, 0.15) is 33.1 Å². The Morgan fingerprint density at radius 1 is 1.45 bits per heavy atom. The van der Waals surface area contributed by atoms with Gasteiger partial charge >= 0.3 is 0 Å². The van der Waals surface area contributed by atoms with E-state index >= 15 is 0 Å². The second kappa shape index (κ2) is 3.91. The minimum atomic E-state index is 0.880. The van der Waals surface area contributed by atoms with E-state index in [1.807, 2.05) is 0 Å². The van der Waals surface area contributed by atoms with Gasteiger partial charge in [-0.05, 0) is 33.7 Å². The first-order valence-corrected chi connectivity index (χ1v) is 4.54. The van der Waals surface area contributed by atoms with Gasteiger partial charge in [-0.15, -0.1) is 0 Å². The van der Waals surface area contributed by atoms with Crippen LogP contribution < -0.4 is 0 Å². The lowest BCUT2D eigenvalue weighted by Gasteiger charge is -2.34. The summed E-state index contributed by atoms with van der Waals surface area (Å²) in [5.74, 6) is 0. The third kappa shape index (κ3) is 2.66. The van der Waals surface area contributed by atoms with Crippen LogP contribution >= 0.6 is 0 Å². The number of likely N-dealkylation sites (N-methyl/N-ethyl adjacent to an activating group) is 1. The second-order valence-corrected chi connectivity index (χ2v) is 3.81.